The third kappa shape index (κ3) is 4.41. The third-order valence-corrected chi connectivity index (χ3v) is 6.72. The number of likely N-dealkylation sites (tertiary alicyclic amines) is 1. The van der Waals surface area contributed by atoms with Crippen molar-refractivity contribution in [2.75, 3.05) is 13.1 Å². The summed E-state index contributed by atoms with van der Waals surface area (Å²) in [5.74, 6) is 0.875. The number of rotatable bonds is 4. The second kappa shape index (κ2) is 9.04. The number of amides is 1. The molecule has 0 N–H and O–H groups in total. The SMILES string of the molecule is O=C(c1cc2ccccc2oc1=O)N1CCC(c2nccn2Cc2cc(Cl)ccc2Cl)CC1. The number of piperidine rings is 1. The summed E-state index contributed by atoms with van der Waals surface area (Å²) in [7, 11) is 0. The zero-order chi connectivity index (χ0) is 22.9. The molecule has 0 bridgehead atoms. The van der Waals surface area contributed by atoms with E-state index in [1.54, 1.807) is 41.4 Å². The molecule has 0 saturated carbocycles. The molecule has 2 aromatic carbocycles. The van der Waals surface area contributed by atoms with Gasteiger partial charge in [-0.2, -0.15) is 0 Å². The van der Waals surface area contributed by atoms with Gasteiger partial charge < -0.3 is 13.9 Å². The lowest BCUT2D eigenvalue weighted by Gasteiger charge is -2.31. The van der Waals surface area contributed by atoms with Crippen molar-refractivity contribution >= 4 is 40.1 Å². The van der Waals surface area contributed by atoms with Gasteiger partial charge in [0, 0.05) is 46.8 Å². The van der Waals surface area contributed by atoms with Crippen LogP contribution in [0.15, 0.2) is 70.1 Å². The number of carbonyl (C=O) groups is 1. The quantitative estimate of drug-likeness (QED) is 0.367. The summed E-state index contributed by atoms with van der Waals surface area (Å²) < 4.78 is 7.42. The monoisotopic (exact) mass is 481 g/mol. The molecule has 5 rings (SSSR count). The topological polar surface area (TPSA) is 68.3 Å². The van der Waals surface area contributed by atoms with Crippen molar-refractivity contribution in [1.82, 2.24) is 14.5 Å². The van der Waals surface area contributed by atoms with Crippen LogP contribution in [0.25, 0.3) is 11.0 Å². The van der Waals surface area contributed by atoms with E-state index in [1.807, 2.05) is 24.4 Å². The molecular formula is C25H21Cl2N3O3. The van der Waals surface area contributed by atoms with Crippen LogP contribution in [-0.4, -0.2) is 33.4 Å². The lowest BCUT2D eigenvalue weighted by Crippen LogP contribution is -2.40. The molecule has 8 heteroatoms. The van der Waals surface area contributed by atoms with Crippen molar-refractivity contribution in [2.24, 2.45) is 0 Å². The number of para-hydroxylation sites is 1. The van der Waals surface area contributed by atoms with E-state index < -0.39 is 5.63 Å². The Bertz CT molecular complexity index is 1390. The minimum absolute atomic E-state index is 0.0734. The summed E-state index contributed by atoms with van der Waals surface area (Å²) >= 11 is 12.5. The van der Waals surface area contributed by atoms with Gasteiger partial charge in [0.25, 0.3) is 5.91 Å². The second-order valence-electron chi connectivity index (χ2n) is 8.20. The number of benzene rings is 2. The number of nitrogens with zero attached hydrogens (tertiary/aromatic N) is 3. The van der Waals surface area contributed by atoms with Crippen molar-refractivity contribution in [3.05, 3.63) is 98.3 Å². The highest BCUT2D eigenvalue weighted by Crippen LogP contribution is 2.29. The van der Waals surface area contributed by atoms with Gasteiger partial charge in [0.2, 0.25) is 0 Å². The summed E-state index contributed by atoms with van der Waals surface area (Å²) in [6, 6.07) is 14.2. The minimum atomic E-state index is -0.602. The van der Waals surface area contributed by atoms with Gasteiger partial charge in [0.05, 0.1) is 6.54 Å². The first-order valence-electron chi connectivity index (χ1n) is 10.8. The van der Waals surface area contributed by atoms with E-state index >= 15 is 0 Å². The van der Waals surface area contributed by atoms with Gasteiger partial charge in [-0.25, -0.2) is 9.78 Å². The molecular weight excluding hydrogens is 461 g/mol. The first-order valence-corrected chi connectivity index (χ1v) is 11.5. The third-order valence-electron chi connectivity index (χ3n) is 6.12. The van der Waals surface area contributed by atoms with Crippen molar-refractivity contribution in [2.45, 2.75) is 25.3 Å². The van der Waals surface area contributed by atoms with Gasteiger partial charge in [-0.15, -0.1) is 0 Å². The summed E-state index contributed by atoms with van der Waals surface area (Å²) in [4.78, 5) is 31.7. The van der Waals surface area contributed by atoms with Gasteiger partial charge in [0.1, 0.15) is 17.0 Å². The largest absolute Gasteiger partial charge is 0.422 e. The molecule has 1 aliphatic heterocycles. The van der Waals surface area contributed by atoms with Crippen molar-refractivity contribution in [3.8, 4) is 0 Å². The van der Waals surface area contributed by atoms with Crippen LogP contribution in [-0.2, 0) is 6.54 Å². The van der Waals surface area contributed by atoms with Crippen LogP contribution in [0.2, 0.25) is 10.0 Å². The Hall–Kier alpha value is -3.09. The zero-order valence-corrected chi connectivity index (χ0v) is 19.2. The fourth-order valence-corrected chi connectivity index (χ4v) is 4.76. The Morgan fingerprint density at radius 2 is 1.88 bits per heavy atom. The highest BCUT2D eigenvalue weighted by atomic mass is 35.5. The first kappa shape index (κ1) is 21.7. The summed E-state index contributed by atoms with van der Waals surface area (Å²) in [5, 5.41) is 2.03. The second-order valence-corrected chi connectivity index (χ2v) is 9.04. The molecule has 0 spiro atoms. The molecule has 0 radical (unpaired) electrons. The smallest absolute Gasteiger partial charge is 0.349 e. The van der Waals surface area contributed by atoms with Crippen molar-refractivity contribution < 1.29 is 9.21 Å². The summed E-state index contributed by atoms with van der Waals surface area (Å²) in [6.07, 6.45) is 5.23. The predicted octanol–water partition coefficient (Wildman–Crippen LogP) is 5.36. The molecule has 1 saturated heterocycles. The predicted molar refractivity (Wildman–Crippen MR) is 128 cm³/mol. The Morgan fingerprint density at radius 1 is 1.09 bits per heavy atom. The van der Waals surface area contributed by atoms with Crippen molar-refractivity contribution in [3.63, 3.8) is 0 Å². The Balaban J connectivity index is 1.30. The fraction of sp³-hybridized carbons (Fsp3) is 0.240. The number of aromatic nitrogens is 2. The first-order chi connectivity index (χ1) is 16.0. The Labute approximate surface area is 200 Å². The van der Waals surface area contributed by atoms with Crippen LogP contribution >= 0.6 is 23.2 Å². The molecule has 1 amide bonds. The van der Waals surface area contributed by atoms with Gasteiger partial charge in [-0.05, 0) is 48.7 Å². The fourth-order valence-electron chi connectivity index (χ4n) is 4.38. The standard InChI is InChI=1S/C25H21Cl2N3O3/c26-19-5-6-21(27)18(13-19)15-30-12-9-28-23(30)16-7-10-29(11-8-16)24(31)20-14-17-3-1-2-4-22(17)33-25(20)32/h1-6,9,12-14,16H,7-8,10-11,15H2. The van der Waals surface area contributed by atoms with E-state index in [2.05, 4.69) is 9.55 Å². The van der Waals surface area contributed by atoms with E-state index in [0.29, 0.717) is 35.3 Å². The number of hydrogen-bond acceptors (Lipinski definition) is 4. The van der Waals surface area contributed by atoms with Crippen LogP contribution in [0.5, 0.6) is 0 Å². The normalized spacial score (nSPS) is 14.7. The molecule has 33 heavy (non-hydrogen) atoms. The molecule has 4 aromatic rings. The number of hydrogen-bond donors (Lipinski definition) is 0. The van der Waals surface area contributed by atoms with E-state index in [0.717, 1.165) is 29.6 Å². The molecule has 0 aliphatic carbocycles. The minimum Gasteiger partial charge on any atom is -0.422 e. The lowest BCUT2D eigenvalue weighted by molar-refractivity contribution is 0.0706. The van der Waals surface area contributed by atoms with Crippen LogP contribution in [0, 0.1) is 0 Å². The zero-order valence-electron chi connectivity index (χ0n) is 17.7. The van der Waals surface area contributed by atoms with E-state index in [-0.39, 0.29) is 17.4 Å². The van der Waals surface area contributed by atoms with Crippen LogP contribution in [0.3, 0.4) is 0 Å². The lowest BCUT2D eigenvalue weighted by atomic mass is 9.95. The molecule has 1 aliphatic rings. The van der Waals surface area contributed by atoms with Crippen LogP contribution in [0.1, 0.15) is 40.5 Å². The maximum Gasteiger partial charge on any atom is 0.349 e. The van der Waals surface area contributed by atoms with Crippen LogP contribution in [0.4, 0.5) is 0 Å². The molecule has 2 aromatic heterocycles. The van der Waals surface area contributed by atoms with E-state index in [4.69, 9.17) is 27.6 Å². The van der Waals surface area contributed by atoms with E-state index in [1.165, 1.54) is 0 Å². The maximum atomic E-state index is 13.1. The van der Waals surface area contributed by atoms with Gasteiger partial charge >= 0.3 is 5.63 Å². The number of halogens is 2. The van der Waals surface area contributed by atoms with Crippen molar-refractivity contribution in [1.29, 1.82) is 0 Å². The number of fused-ring (bicyclic) bond motifs is 1. The van der Waals surface area contributed by atoms with Gasteiger partial charge in [-0.3, -0.25) is 4.79 Å². The molecule has 0 atom stereocenters. The van der Waals surface area contributed by atoms with Crippen LogP contribution < -0.4 is 5.63 Å². The molecule has 3 heterocycles. The molecule has 0 unspecified atom stereocenters. The number of imidazole rings is 1. The molecule has 168 valence electrons. The maximum absolute atomic E-state index is 13.1. The highest BCUT2D eigenvalue weighted by Gasteiger charge is 2.28. The van der Waals surface area contributed by atoms with Gasteiger partial charge in [0.15, 0.2) is 0 Å². The van der Waals surface area contributed by atoms with E-state index in [9.17, 15) is 9.59 Å². The average Bonchev–Trinajstić information content (AvgIpc) is 3.29. The Morgan fingerprint density at radius 3 is 2.70 bits per heavy atom. The summed E-state index contributed by atoms with van der Waals surface area (Å²) in [5.41, 5.74) is 0.877. The summed E-state index contributed by atoms with van der Waals surface area (Å²) in [6.45, 7) is 1.66. The highest BCUT2D eigenvalue weighted by molar-refractivity contribution is 6.33. The Kier molecular flexibility index (Phi) is 5.96. The molecule has 1 fully saturated rings. The van der Waals surface area contributed by atoms with Gasteiger partial charge in [-0.1, -0.05) is 41.4 Å². The number of carbonyl (C=O) groups excluding carboxylic acids is 1. The molecule has 6 nitrogen and oxygen atoms in total. The average molecular weight is 482 g/mol.